The maximum atomic E-state index is 13.0. The number of aromatic nitrogens is 2. The number of carbonyl (C=O) groups is 1. The highest BCUT2D eigenvalue weighted by Gasteiger charge is 2.23. The summed E-state index contributed by atoms with van der Waals surface area (Å²) in [7, 11) is 2.90. The van der Waals surface area contributed by atoms with E-state index in [-0.39, 0.29) is 5.56 Å². The number of rotatable bonds is 3. The quantitative estimate of drug-likeness (QED) is 0.716. The molecule has 0 saturated carbocycles. The standard InChI is InChI=1S/C17H17N3O4/c1-9-7-11-12(8-10(9)18)20(17(22)19-11)16(21)15-13(23-2)5-4-6-14(15)24-3/h4-8H,18H2,1-3H3,(H,19,22). The molecule has 7 heteroatoms. The predicted octanol–water partition coefficient (Wildman–Crippen LogP) is 1.93. The number of ether oxygens (including phenoxy) is 2. The van der Waals surface area contributed by atoms with Gasteiger partial charge in [-0.3, -0.25) is 4.79 Å². The molecule has 2 aromatic carbocycles. The van der Waals surface area contributed by atoms with Crippen molar-refractivity contribution < 1.29 is 14.3 Å². The first kappa shape index (κ1) is 15.7. The van der Waals surface area contributed by atoms with Crippen molar-refractivity contribution in [1.82, 2.24) is 9.55 Å². The van der Waals surface area contributed by atoms with E-state index in [0.29, 0.717) is 28.2 Å². The number of nitrogens with zero attached hydrogens (tertiary/aromatic N) is 1. The number of hydrogen-bond acceptors (Lipinski definition) is 5. The molecule has 0 atom stereocenters. The number of methoxy groups -OCH3 is 2. The Morgan fingerprint density at radius 1 is 1.17 bits per heavy atom. The molecule has 7 nitrogen and oxygen atoms in total. The van der Waals surface area contributed by atoms with Gasteiger partial charge in [0.15, 0.2) is 0 Å². The van der Waals surface area contributed by atoms with Gasteiger partial charge >= 0.3 is 5.69 Å². The number of nitrogens with two attached hydrogens (primary N) is 1. The van der Waals surface area contributed by atoms with Crippen LogP contribution >= 0.6 is 0 Å². The molecule has 24 heavy (non-hydrogen) atoms. The van der Waals surface area contributed by atoms with E-state index in [1.807, 2.05) is 6.92 Å². The molecule has 124 valence electrons. The molecular weight excluding hydrogens is 310 g/mol. The molecule has 0 aliphatic carbocycles. The van der Waals surface area contributed by atoms with Crippen molar-refractivity contribution >= 4 is 22.6 Å². The largest absolute Gasteiger partial charge is 0.496 e. The average Bonchev–Trinajstić information content (AvgIpc) is 2.88. The summed E-state index contributed by atoms with van der Waals surface area (Å²) in [5.74, 6) is 0.0881. The van der Waals surface area contributed by atoms with Crippen LogP contribution in [0, 0.1) is 6.92 Å². The SMILES string of the molecule is COc1cccc(OC)c1C(=O)n1c(=O)[nH]c2cc(C)c(N)cc21. The summed E-state index contributed by atoms with van der Waals surface area (Å²) in [5, 5.41) is 0. The highest BCUT2D eigenvalue weighted by atomic mass is 16.5. The number of benzene rings is 2. The number of imidazole rings is 1. The highest BCUT2D eigenvalue weighted by Crippen LogP contribution is 2.30. The second kappa shape index (κ2) is 5.77. The van der Waals surface area contributed by atoms with E-state index in [2.05, 4.69) is 4.98 Å². The molecule has 0 fully saturated rings. The minimum absolute atomic E-state index is 0.171. The molecule has 1 heterocycles. The van der Waals surface area contributed by atoms with Crippen molar-refractivity contribution in [3.8, 4) is 11.5 Å². The van der Waals surface area contributed by atoms with E-state index in [9.17, 15) is 9.59 Å². The van der Waals surface area contributed by atoms with Gasteiger partial charge in [0.2, 0.25) is 0 Å². The van der Waals surface area contributed by atoms with Crippen LogP contribution in [0.2, 0.25) is 0 Å². The highest BCUT2D eigenvalue weighted by molar-refractivity contribution is 6.05. The minimum Gasteiger partial charge on any atom is -0.496 e. The average molecular weight is 327 g/mol. The number of nitrogens with one attached hydrogen (secondary N) is 1. The number of nitrogen functional groups attached to an aromatic ring is 1. The van der Waals surface area contributed by atoms with Crippen LogP contribution in [0.4, 0.5) is 5.69 Å². The fourth-order valence-electron chi connectivity index (χ4n) is 2.65. The minimum atomic E-state index is -0.552. The summed E-state index contributed by atoms with van der Waals surface area (Å²) in [6.45, 7) is 1.83. The van der Waals surface area contributed by atoms with Crippen molar-refractivity contribution in [3.63, 3.8) is 0 Å². The molecule has 3 N–H and O–H groups in total. The Morgan fingerprint density at radius 2 is 1.79 bits per heavy atom. The molecular formula is C17H17N3O4. The predicted molar refractivity (Wildman–Crippen MR) is 91.0 cm³/mol. The number of H-pyrrole nitrogens is 1. The Morgan fingerprint density at radius 3 is 2.38 bits per heavy atom. The van der Waals surface area contributed by atoms with Gasteiger partial charge in [-0.2, -0.15) is 0 Å². The first-order chi connectivity index (χ1) is 11.5. The Balaban J connectivity index is 2.29. The summed E-state index contributed by atoms with van der Waals surface area (Å²) in [5.41, 5.74) is 7.80. The van der Waals surface area contributed by atoms with Crippen LogP contribution < -0.4 is 20.9 Å². The summed E-state index contributed by atoms with van der Waals surface area (Å²) in [6, 6.07) is 8.30. The second-order valence-corrected chi connectivity index (χ2v) is 5.33. The topological polar surface area (TPSA) is 99.3 Å². The van der Waals surface area contributed by atoms with Crippen molar-refractivity contribution in [3.05, 3.63) is 51.9 Å². The lowest BCUT2D eigenvalue weighted by molar-refractivity contribution is 0.0955. The maximum absolute atomic E-state index is 13.0. The molecule has 0 unspecified atom stereocenters. The number of hydrogen-bond donors (Lipinski definition) is 2. The Kier molecular flexibility index (Phi) is 3.76. The summed E-state index contributed by atoms with van der Waals surface area (Å²) < 4.78 is 11.5. The number of fused-ring (bicyclic) bond motifs is 1. The van der Waals surface area contributed by atoms with Gasteiger partial charge in [0.1, 0.15) is 17.1 Å². The lowest BCUT2D eigenvalue weighted by atomic mass is 10.1. The Labute approximate surface area is 137 Å². The van der Waals surface area contributed by atoms with Crippen LogP contribution in [0.25, 0.3) is 11.0 Å². The first-order valence-electron chi connectivity index (χ1n) is 7.24. The van der Waals surface area contributed by atoms with E-state index in [1.54, 1.807) is 30.3 Å². The van der Waals surface area contributed by atoms with Crippen molar-refractivity contribution in [1.29, 1.82) is 0 Å². The molecule has 3 rings (SSSR count). The molecule has 0 aliphatic heterocycles. The zero-order chi connectivity index (χ0) is 17.4. The van der Waals surface area contributed by atoms with Crippen LogP contribution in [-0.2, 0) is 0 Å². The van der Waals surface area contributed by atoms with Gasteiger partial charge in [-0.25, -0.2) is 9.36 Å². The van der Waals surface area contributed by atoms with Gasteiger partial charge in [0.05, 0.1) is 25.3 Å². The monoisotopic (exact) mass is 327 g/mol. The smallest absolute Gasteiger partial charge is 0.333 e. The van der Waals surface area contributed by atoms with Gasteiger partial charge in [-0.1, -0.05) is 6.07 Å². The fraction of sp³-hybridized carbons (Fsp3) is 0.176. The van der Waals surface area contributed by atoms with Crippen LogP contribution in [0.15, 0.2) is 35.1 Å². The molecule has 0 amide bonds. The zero-order valence-corrected chi connectivity index (χ0v) is 13.5. The molecule has 3 aromatic rings. The summed E-state index contributed by atoms with van der Waals surface area (Å²) >= 11 is 0. The summed E-state index contributed by atoms with van der Waals surface area (Å²) in [6.07, 6.45) is 0. The molecule has 0 aliphatic rings. The first-order valence-corrected chi connectivity index (χ1v) is 7.24. The molecule has 0 bridgehead atoms. The van der Waals surface area contributed by atoms with Crippen molar-refractivity contribution in [2.45, 2.75) is 6.92 Å². The van der Waals surface area contributed by atoms with Crippen LogP contribution in [0.1, 0.15) is 15.9 Å². The van der Waals surface area contributed by atoms with E-state index >= 15 is 0 Å². The van der Waals surface area contributed by atoms with Gasteiger partial charge < -0.3 is 20.2 Å². The second-order valence-electron chi connectivity index (χ2n) is 5.33. The van der Waals surface area contributed by atoms with Gasteiger partial charge in [-0.05, 0) is 36.8 Å². The van der Waals surface area contributed by atoms with E-state index < -0.39 is 11.6 Å². The van der Waals surface area contributed by atoms with Crippen LogP contribution in [-0.4, -0.2) is 29.7 Å². The van der Waals surface area contributed by atoms with Crippen LogP contribution in [0.5, 0.6) is 11.5 Å². The third-order valence-corrected chi connectivity index (χ3v) is 3.91. The number of carbonyl (C=O) groups excluding carboxylic acids is 1. The zero-order valence-electron chi connectivity index (χ0n) is 13.5. The van der Waals surface area contributed by atoms with E-state index in [0.717, 1.165) is 10.1 Å². The third kappa shape index (κ3) is 2.30. The molecule has 0 saturated heterocycles. The fourth-order valence-corrected chi connectivity index (χ4v) is 2.65. The normalized spacial score (nSPS) is 10.8. The Bertz CT molecular complexity index is 979. The molecule has 0 radical (unpaired) electrons. The van der Waals surface area contributed by atoms with Gasteiger partial charge in [0.25, 0.3) is 5.91 Å². The number of aromatic amines is 1. The van der Waals surface area contributed by atoms with E-state index in [4.69, 9.17) is 15.2 Å². The summed E-state index contributed by atoms with van der Waals surface area (Å²) in [4.78, 5) is 28.0. The molecule has 1 aromatic heterocycles. The number of aryl methyl sites for hydroxylation is 1. The van der Waals surface area contributed by atoms with Crippen molar-refractivity contribution in [2.75, 3.05) is 20.0 Å². The lowest BCUT2D eigenvalue weighted by Gasteiger charge is -2.12. The van der Waals surface area contributed by atoms with Crippen molar-refractivity contribution in [2.24, 2.45) is 0 Å². The maximum Gasteiger partial charge on any atom is 0.333 e. The molecule has 0 spiro atoms. The van der Waals surface area contributed by atoms with Crippen LogP contribution in [0.3, 0.4) is 0 Å². The van der Waals surface area contributed by atoms with E-state index in [1.165, 1.54) is 14.2 Å². The Hall–Kier alpha value is -3.22. The lowest BCUT2D eigenvalue weighted by Crippen LogP contribution is -2.25. The van der Waals surface area contributed by atoms with Gasteiger partial charge in [0, 0.05) is 5.69 Å². The number of anilines is 1. The van der Waals surface area contributed by atoms with Gasteiger partial charge in [-0.15, -0.1) is 0 Å². The third-order valence-electron chi connectivity index (χ3n) is 3.91.